The summed E-state index contributed by atoms with van der Waals surface area (Å²) in [5.74, 6) is 0.299. The normalized spacial score (nSPS) is 13.9. The number of aryl methyl sites for hydroxylation is 1. The molecule has 0 radical (unpaired) electrons. The fourth-order valence-electron chi connectivity index (χ4n) is 3.01. The Labute approximate surface area is 170 Å². The van der Waals surface area contributed by atoms with Gasteiger partial charge in [-0.1, -0.05) is 52.3 Å². The maximum atomic E-state index is 12.8. The van der Waals surface area contributed by atoms with Crippen LogP contribution in [-0.2, 0) is 0 Å². The van der Waals surface area contributed by atoms with Crippen LogP contribution in [0.2, 0.25) is 0 Å². The lowest BCUT2D eigenvalue weighted by Gasteiger charge is -2.07. The first-order valence-electron chi connectivity index (χ1n) is 8.63. The van der Waals surface area contributed by atoms with Crippen LogP contribution in [0.4, 0.5) is 0 Å². The zero-order valence-electron chi connectivity index (χ0n) is 14.9. The second-order valence-electron chi connectivity index (χ2n) is 6.33. The van der Waals surface area contributed by atoms with Crippen molar-refractivity contribution >= 4 is 33.8 Å². The molecule has 3 aromatic rings. The Morgan fingerprint density at radius 1 is 1.04 bits per heavy atom. The first kappa shape index (κ1) is 18.2. The molecule has 5 heteroatoms. The number of halogens is 1. The first-order valence-corrected chi connectivity index (χ1v) is 9.43. The summed E-state index contributed by atoms with van der Waals surface area (Å²) in [6.45, 7) is 1.79. The van der Waals surface area contributed by atoms with Crippen LogP contribution >= 0.6 is 15.9 Å². The highest BCUT2D eigenvalue weighted by Crippen LogP contribution is 2.38. The summed E-state index contributed by atoms with van der Waals surface area (Å²) in [7, 11) is 0. The number of rotatable bonds is 3. The number of esters is 1. The van der Waals surface area contributed by atoms with Gasteiger partial charge in [-0.2, -0.15) is 0 Å². The number of allylic oxidation sites excluding steroid dienone is 1. The van der Waals surface area contributed by atoms with Gasteiger partial charge in [0.15, 0.2) is 5.76 Å². The molecule has 1 aliphatic rings. The molecule has 1 aliphatic heterocycles. The Hall–Kier alpha value is -3.18. The van der Waals surface area contributed by atoms with Crippen LogP contribution in [0.3, 0.4) is 0 Å². The molecule has 0 aliphatic carbocycles. The lowest BCUT2D eigenvalue weighted by Crippen LogP contribution is -2.08. The summed E-state index contributed by atoms with van der Waals surface area (Å²) in [6, 6.07) is 19.5. The van der Waals surface area contributed by atoms with Gasteiger partial charge in [-0.05, 0) is 48.4 Å². The molecule has 3 aromatic carbocycles. The summed E-state index contributed by atoms with van der Waals surface area (Å²) in [5, 5.41) is 0. The SMILES string of the molecule is Cc1cc(OC(=O)c2ccccc2)cc2c1C(=O)/C(=C/c1ccccc1Br)O2. The minimum atomic E-state index is -0.465. The first-order chi connectivity index (χ1) is 13.5. The molecule has 0 atom stereocenters. The molecule has 4 rings (SSSR count). The standard InChI is InChI=1S/C23H15BrO4/c1-14-11-17(27-23(26)15-7-3-2-4-8-15)13-19-21(14)22(25)20(28-19)12-16-9-5-6-10-18(16)24/h2-13H,1H3/b20-12-. The lowest BCUT2D eigenvalue weighted by atomic mass is 10.0. The van der Waals surface area contributed by atoms with Crippen molar-refractivity contribution in [3.63, 3.8) is 0 Å². The van der Waals surface area contributed by atoms with E-state index >= 15 is 0 Å². The number of ketones is 1. The van der Waals surface area contributed by atoms with Crippen molar-refractivity contribution in [2.24, 2.45) is 0 Å². The molecule has 0 bridgehead atoms. The van der Waals surface area contributed by atoms with E-state index in [9.17, 15) is 9.59 Å². The average Bonchev–Trinajstić information content (AvgIpc) is 3.00. The van der Waals surface area contributed by atoms with Gasteiger partial charge >= 0.3 is 5.97 Å². The van der Waals surface area contributed by atoms with Crippen LogP contribution < -0.4 is 9.47 Å². The van der Waals surface area contributed by atoms with Crippen molar-refractivity contribution in [2.75, 3.05) is 0 Å². The molecule has 1 heterocycles. The van der Waals surface area contributed by atoms with E-state index in [2.05, 4.69) is 15.9 Å². The van der Waals surface area contributed by atoms with E-state index in [0.717, 1.165) is 10.0 Å². The third-order valence-electron chi connectivity index (χ3n) is 4.36. The van der Waals surface area contributed by atoms with Gasteiger partial charge in [0.1, 0.15) is 11.5 Å². The molecule has 0 spiro atoms. The van der Waals surface area contributed by atoms with E-state index in [1.165, 1.54) is 0 Å². The summed E-state index contributed by atoms with van der Waals surface area (Å²) in [5.41, 5.74) is 2.46. The Balaban J connectivity index is 1.63. The second-order valence-corrected chi connectivity index (χ2v) is 7.18. The van der Waals surface area contributed by atoms with Crippen molar-refractivity contribution in [3.05, 3.63) is 99.2 Å². The van der Waals surface area contributed by atoms with Crippen molar-refractivity contribution in [2.45, 2.75) is 6.92 Å². The van der Waals surface area contributed by atoms with Gasteiger partial charge in [0.25, 0.3) is 0 Å². The Morgan fingerprint density at radius 2 is 1.75 bits per heavy atom. The van der Waals surface area contributed by atoms with E-state index < -0.39 is 5.97 Å². The summed E-state index contributed by atoms with van der Waals surface area (Å²) in [4.78, 5) is 25.1. The molecule has 0 saturated carbocycles. The third-order valence-corrected chi connectivity index (χ3v) is 5.08. The number of carbonyl (C=O) groups is 2. The minimum absolute atomic E-state index is 0.191. The monoisotopic (exact) mass is 434 g/mol. The van der Waals surface area contributed by atoms with Crippen molar-refractivity contribution in [3.8, 4) is 11.5 Å². The highest BCUT2D eigenvalue weighted by Gasteiger charge is 2.30. The Kier molecular flexibility index (Phi) is 4.84. The van der Waals surface area contributed by atoms with Crippen LogP contribution in [0.15, 0.2) is 77.0 Å². The fraction of sp³-hybridized carbons (Fsp3) is 0.0435. The minimum Gasteiger partial charge on any atom is -0.452 e. The van der Waals surface area contributed by atoms with Gasteiger partial charge in [0, 0.05) is 10.5 Å². The predicted octanol–water partition coefficient (Wildman–Crippen LogP) is 5.59. The highest BCUT2D eigenvalue weighted by molar-refractivity contribution is 9.10. The molecule has 0 unspecified atom stereocenters. The van der Waals surface area contributed by atoms with Crippen molar-refractivity contribution in [1.82, 2.24) is 0 Å². The van der Waals surface area contributed by atoms with E-state index in [1.54, 1.807) is 49.4 Å². The molecule has 138 valence electrons. The molecule has 4 nitrogen and oxygen atoms in total. The lowest BCUT2D eigenvalue weighted by molar-refractivity contribution is 0.0734. The number of benzene rings is 3. The number of Topliss-reactive ketones (excluding diaryl/α,β-unsaturated/α-hetero) is 1. The predicted molar refractivity (Wildman–Crippen MR) is 110 cm³/mol. The zero-order valence-corrected chi connectivity index (χ0v) is 16.5. The second kappa shape index (κ2) is 7.44. The molecule has 0 amide bonds. The smallest absolute Gasteiger partial charge is 0.343 e. The van der Waals surface area contributed by atoms with E-state index in [1.807, 2.05) is 30.3 Å². The van der Waals surface area contributed by atoms with Gasteiger partial charge < -0.3 is 9.47 Å². The molecule has 0 N–H and O–H groups in total. The zero-order chi connectivity index (χ0) is 19.7. The van der Waals surface area contributed by atoms with Gasteiger partial charge in [0.2, 0.25) is 5.78 Å². The quantitative estimate of drug-likeness (QED) is 0.306. The highest BCUT2D eigenvalue weighted by atomic mass is 79.9. The van der Waals surface area contributed by atoms with Gasteiger partial charge in [-0.25, -0.2) is 4.79 Å². The topological polar surface area (TPSA) is 52.6 Å². The van der Waals surface area contributed by atoms with Crippen LogP contribution in [0.25, 0.3) is 6.08 Å². The summed E-state index contributed by atoms with van der Waals surface area (Å²) < 4.78 is 12.1. The molecule has 0 fully saturated rings. The molecular formula is C23H15BrO4. The number of hydrogen-bond donors (Lipinski definition) is 0. The van der Waals surface area contributed by atoms with Crippen molar-refractivity contribution < 1.29 is 19.1 Å². The Bertz CT molecular complexity index is 1120. The number of carbonyl (C=O) groups excluding carboxylic acids is 2. The van der Waals surface area contributed by atoms with E-state index in [4.69, 9.17) is 9.47 Å². The van der Waals surface area contributed by atoms with Gasteiger partial charge in [0.05, 0.1) is 11.1 Å². The van der Waals surface area contributed by atoms with Gasteiger partial charge in [-0.15, -0.1) is 0 Å². The van der Waals surface area contributed by atoms with Gasteiger partial charge in [-0.3, -0.25) is 4.79 Å². The average molecular weight is 435 g/mol. The maximum Gasteiger partial charge on any atom is 0.343 e. The maximum absolute atomic E-state index is 12.8. The van der Waals surface area contributed by atoms with E-state index in [0.29, 0.717) is 28.2 Å². The number of fused-ring (bicyclic) bond motifs is 1. The molecule has 0 aromatic heterocycles. The van der Waals surface area contributed by atoms with E-state index in [-0.39, 0.29) is 11.5 Å². The molecule has 28 heavy (non-hydrogen) atoms. The third kappa shape index (κ3) is 3.49. The van der Waals surface area contributed by atoms with Crippen LogP contribution in [0, 0.1) is 6.92 Å². The fourth-order valence-corrected chi connectivity index (χ4v) is 3.41. The van der Waals surface area contributed by atoms with Crippen LogP contribution in [-0.4, -0.2) is 11.8 Å². The molecule has 0 saturated heterocycles. The number of ether oxygens (including phenoxy) is 2. The number of hydrogen-bond acceptors (Lipinski definition) is 4. The van der Waals surface area contributed by atoms with Crippen LogP contribution in [0.1, 0.15) is 31.8 Å². The largest absolute Gasteiger partial charge is 0.452 e. The van der Waals surface area contributed by atoms with Crippen LogP contribution in [0.5, 0.6) is 11.5 Å². The summed E-state index contributed by atoms with van der Waals surface area (Å²) >= 11 is 3.47. The molecular weight excluding hydrogens is 420 g/mol. The Morgan fingerprint density at radius 3 is 2.50 bits per heavy atom. The summed E-state index contributed by atoms with van der Waals surface area (Å²) in [6.07, 6.45) is 1.70. The van der Waals surface area contributed by atoms with Crippen molar-refractivity contribution in [1.29, 1.82) is 0 Å².